The van der Waals surface area contributed by atoms with E-state index in [9.17, 15) is 34.8 Å². The Balaban J connectivity index is 0.000000190. The highest BCUT2D eigenvalue weighted by atomic mass is 32.2. The van der Waals surface area contributed by atoms with Gasteiger partial charge in [-0.25, -0.2) is 38.8 Å². The number of esters is 2. The number of aryl methyl sites for hydroxylation is 4. The molecule has 62 heavy (non-hydrogen) atoms. The molecule has 3 aromatic heterocycles. The molecular formula is C44H43N3O12S3. The molecule has 0 radical (unpaired) electrons. The molecule has 4 aromatic carbocycles. The Morgan fingerprint density at radius 1 is 0.661 bits per heavy atom. The van der Waals surface area contributed by atoms with Crippen LogP contribution in [0, 0.1) is 27.7 Å². The van der Waals surface area contributed by atoms with E-state index in [0.717, 1.165) is 34.2 Å². The summed E-state index contributed by atoms with van der Waals surface area (Å²) in [4.78, 5) is 25.6. The number of methoxy groups -OCH3 is 2. The lowest BCUT2D eigenvalue weighted by atomic mass is 9.94. The zero-order chi connectivity index (χ0) is 45.1. The third-order valence-electron chi connectivity index (χ3n) is 10.7. The lowest BCUT2D eigenvalue weighted by molar-refractivity contribution is 0.0592. The summed E-state index contributed by atoms with van der Waals surface area (Å²) in [6.07, 6.45) is 3.77. The average molecular weight is 902 g/mol. The van der Waals surface area contributed by atoms with Crippen molar-refractivity contribution >= 4 is 63.4 Å². The number of carbonyl (C=O) groups excluding carboxylic acids is 2. The Labute approximate surface area is 358 Å². The maximum Gasteiger partial charge on any atom is 0.340 e. The molecule has 3 heterocycles. The largest absolute Gasteiger partial charge is 0.465 e. The van der Waals surface area contributed by atoms with E-state index in [0.29, 0.717) is 69.5 Å². The van der Waals surface area contributed by atoms with Crippen molar-refractivity contribution in [1.29, 1.82) is 0 Å². The summed E-state index contributed by atoms with van der Waals surface area (Å²) in [6.45, 7) is 7.17. The Bertz CT molecular complexity index is 3250. The van der Waals surface area contributed by atoms with E-state index in [2.05, 4.69) is 10.3 Å². The predicted molar refractivity (Wildman–Crippen MR) is 231 cm³/mol. The Kier molecular flexibility index (Phi) is 11.6. The van der Waals surface area contributed by atoms with Crippen LogP contribution in [-0.2, 0) is 45.6 Å². The van der Waals surface area contributed by atoms with Gasteiger partial charge in [0.2, 0.25) is 10.0 Å². The van der Waals surface area contributed by atoms with Crippen LogP contribution >= 0.6 is 0 Å². The Morgan fingerprint density at radius 3 is 1.71 bits per heavy atom. The molecule has 0 spiro atoms. The Morgan fingerprint density at radius 2 is 1.19 bits per heavy atom. The second-order valence-corrected chi connectivity index (χ2v) is 21.3. The number of fused-ring (bicyclic) bond motifs is 3. The van der Waals surface area contributed by atoms with Gasteiger partial charge < -0.3 is 18.5 Å². The van der Waals surface area contributed by atoms with Crippen LogP contribution in [0.3, 0.4) is 0 Å². The van der Waals surface area contributed by atoms with Gasteiger partial charge in [0.1, 0.15) is 11.5 Å². The number of ether oxygens (including phenoxy) is 2. The number of aromatic nitrogens is 3. The number of benzene rings is 4. The molecule has 0 bridgehead atoms. The molecule has 0 atom stereocenters. The zero-order valence-electron chi connectivity index (χ0n) is 35.1. The van der Waals surface area contributed by atoms with E-state index in [-0.39, 0.29) is 20.9 Å². The van der Waals surface area contributed by atoms with E-state index in [4.69, 9.17) is 18.5 Å². The Hall–Kier alpha value is -6.11. The molecule has 1 fully saturated rings. The van der Waals surface area contributed by atoms with Crippen LogP contribution in [0.25, 0.3) is 44.1 Å². The summed E-state index contributed by atoms with van der Waals surface area (Å²) in [5.41, 5.74) is 6.92. The first-order chi connectivity index (χ1) is 29.1. The first kappa shape index (κ1) is 44.0. The van der Waals surface area contributed by atoms with Crippen molar-refractivity contribution in [1.82, 2.24) is 14.3 Å². The van der Waals surface area contributed by atoms with Crippen LogP contribution in [0.1, 0.15) is 67.6 Å². The van der Waals surface area contributed by atoms with Crippen molar-refractivity contribution in [2.24, 2.45) is 0 Å². The van der Waals surface area contributed by atoms with Crippen LogP contribution in [0.5, 0.6) is 0 Å². The molecule has 1 aliphatic rings. The first-order valence-corrected chi connectivity index (χ1v) is 24.5. The van der Waals surface area contributed by atoms with Crippen molar-refractivity contribution in [3.63, 3.8) is 0 Å². The molecule has 0 N–H and O–H groups in total. The van der Waals surface area contributed by atoms with Gasteiger partial charge in [0.05, 0.1) is 62.8 Å². The van der Waals surface area contributed by atoms with Gasteiger partial charge in [-0.2, -0.15) is 0 Å². The minimum Gasteiger partial charge on any atom is -0.465 e. The lowest BCUT2D eigenvalue weighted by Crippen LogP contribution is -2.18. The number of hydrogen-bond acceptors (Lipinski definition) is 14. The van der Waals surface area contributed by atoms with E-state index >= 15 is 0 Å². The molecule has 15 nitrogen and oxygen atoms in total. The van der Waals surface area contributed by atoms with Crippen molar-refractivity contribution < 1.29 is 53.4 Å². The number of sulfone groups is 2. The monoisotopic (exact) mass is 901 g/mol. The van der Waals surface area contributed by atoms with Gasteiger partial charge in [0, 0.05) is 34.4 Å². The standard InChI is InChI=1S/C23H22N2O7S2.C21H21NO5S/c1-12-21(13(2)32-24-12)14-9-18-17-11-16(33(4,27)28)7-8-20(17)25(34(29,30)15-5-6-15)22(18)19(10-14)23(26)31-3;1-13-20(14(2)27-22-13)17-8-7-16(19(12-17)21(23)26-3)11-15-5-9-18(10-6-15)28(4,24)25/h7-11,15H,5-6H2,1-4H3;5-10,12H,11H2,1-4H3. The van der Waals surface area contributed by atoms with Crippen molar-refractivity contribution in [3.05, 3.63) is 118 Å². The highest BCUT2D eigenvalue weighted by molar-refractivity contribution is 7.91. The molecule has 7 aromatic rings. The fourth-order valence-electron chi connectivity index (χ4n) is 7.56. The molecule has 8 rings (SSSR count). The van der Waals surface area contributed by atoms with Gasteiger partial charge in [-0.1, -0.05) is 34.6 Å². The first-order valence-electron chi connectivity index (χ1n) is 19.2. The van der Waals surface area contributed by atoms with Crippen LogP contribution < -0.4 is 0 Å². The molecule has 0 unspecified atom stereocenters. The molecule has 1 aliphatic carbocycles. The molecule has 0 saturated heterocycles. The van der Waals surface area contributed by atoms with Crippen molar-refractivity contribution in [3.8, 4) is 22.3 Å². The number of nitrogens with zero attached hydrogens (tertiary/aromatic N) is 3. The SMILES string of the molecule is COC(=O)c1cc(-c2c(C)noc2C)cc2c3cc(S(C)(=O)=O)ccc3n(S(=O)(=O)C3CC3)c12.COC(=O)c1cc(-c2c(C)noc2C)ccc1Cc1ccc(S(C)(=O)=O)cc1. The summed E-state index contributed by atoms with van der Waals surface area (Å²) in [7, 11) is -8.09. The smallest absolute Gasteiger partial charge is 0.340 e. The highest BCUT2D eigenvalue weighted by Crippen LogP contribution is 2.42. The second-order valence-electron chi connectivity index (χ2n) is 15.2. The van der Waals surface area contributed by atoms with Crippen molar-refractivity contribution in [2.75, 3.05) is 26.7 Å². The van der Waals surface area contributed by atoms with Gasteiger partial charge in [-0.3, -0.25) is 0 Å². The van der Waals surface area contributed by atoms with Crippen LogP contribution in [0.15, 0.2) is 91.6 Å². The molecule has 324 valence electrons. The van der Waals surface area contributed by atoms with Crippen LogP contribution in [-0.4, -0.2) is 83.5 Å². The van der Waals surface area contributed by atoms with Crippen LogP contribution in [0.4, 0.5) is 0 Å². The summed E-state index contributed by atoms with van der Waals surface area (Å²) in [5, 5.41) is 8.21. The number of rotatable bonds is 10. The molecular weight excluding hydrogens is 859 g/mol. The van der Waals surface area contributed by atoms with E-state index in [1.54, 1.807) is 56.3 Å². The third-order valence-corrected chi connectivity index (χ3v) is 15.2. The normalized spacial score (nSPS) is 13.2. The molecule has 0 amide bonds. The summed E-state index contributed by atoms with van der Waals surface area (Å²) < 4.78 is 96.5. The fourth-order valence-corrected chi connectivity index (χ4v) is 10.7. The van der Waals surface area contributed by atoms with Gasteiger partial charge in [-0.05, 0) is 118 Å². The van der Waals surface area contributed by atoms with E-state index in [1.165, 1.54) is 42.6 Å². The predicted octanol–water partition coefficient (Wildman–Crippen LogP) is 7.34. The summed E-state index contributed by atoms with van der Waals surface area (Å²) >= 11 is 0. The minimum absolute atomic E-state index is 0.0465. The summed E-state index contributed by atoms with van der Waals surface area (Å²) in [6, 6.07) is 19.8. The third kappa shape index (κ3) is 8.29. The van der Waals surface area contributed by atoms with Gasteiger partial charge >= 0.3 is 11.9 Å². The van der Waals surface area contributed by atoms with Gasteiger partial charge in [0.15, 0.2) is 19.7 Å². The molecule has 1 saturated carbocycles. The van der Waals surface area contributed by atoms with Crippen LogP contribution in [0.2, 0.25) is 0 Å². The van der Waals surface area contributed by atoms with E-state index in [1.807, 2.05) is 26.0 Å². The minimum atomic E-state index is -3.84. The maximum atomic E-state index is 13.5. The molecule has 0 aliphatic heterocycles. The van der Waals surface area contributed by atoms with Gasteiger partial charge in [0.25, 0.3) is 0 Å². The maximum absolute atomic E-state index is 13.5. The fraction of sp³-hybridized carbons (Fsp3) is 0.273. The highest BCUT2D eigenvalue weighted by Gasteiger charge is 2.40. The zero-order valence-corrected chi connectivity index (χ0v) is 37.5. The van der Waals surface area contributed by atoms with Crippen molar-refractivity contribution in [2.45, 2.75) is 62.0 Å². The summed E-state index contributed by atoms with van der Waals surface area (Å²) in [5.74, 6) is 0.0598. The average Bonchev–Trinajstić information content (AvgIpc) is 3.88. The van der Waals surface area contributed by atoms with E-state index < -0.39 is 46.9 Å². The number of carbonyl (C=O) groups is 2. The van der Waals surface area contributed by atoms with Gasteiger partial charge in [-0.15, -0.1) is 0 Å². The lowest BCUT2D eigenvalue weighted by Gasteiger charge is -2.12. The molecule has 18 heteroatoms. The second kappa shape index (κ2) is 16.3. The quantitative estimate of drug-likeness (QED) is 0.123. The topological polar surface area (TPSA) is 212 Å². The number of hydrogen-bond donors (Lipinski definition) is 0.